The Morgan fingerprint density at radius 1 is 0.705 bits per heavy atom. The van der Waals surface area contributed by atoms with Crippen LogP contribution in [0.15, 0.2) is 50.9 Å². The summed E-state index contributed by atoms with van der Waals surface area (Å²) in [6, 6.07) is 8.65. The minimum atomic E-state index is -3.70. The molecule has 0 radical (unpaired) electrons. The molecule has 0 saturated heterocycles. The fourth-order valence-corrected chi connectivity index (χ4v) is 8.49. The second-order valence-corrected chi connectivity index (χ2v) is 18.6. The third-order valence-electron chi connectivity index (χ3n) is 8.22. The highest BCUT2D eigenvalue weighted by Crippen LogP contribution is 2.38. The summed E-state index contributed by atoms with van der Waals surface area (Å²) < 4.78 is 79.2. The maximum absolute atomic E-state index is 14.3. The highest BCUT2D eigenvalue weighted by Gasteiger charge is 2.49. The normalized spacial score (nSPS) is 28.0. The van der Waals surface area contributed by atoms with Crippen LogP contribution in [-0.2, 0) is 31.1 Å². The summed E-state index contributed by atoms with van der Waals surface area (Å²) in [7, 11) is -4.49. The molecule has 2 aromatic rings. The van der Waals surface area contributed by atoms with Gasteiger partial charge in [0.05, 0.1) is 0 Å². The molecular formula is C28H40BrF2N7O4S2. The van der Waals surface area contributed by atoms with Crippen LogP contribution in [0.4, 0.5) is 14.5 Å². The number of nitrogens with zero attached hydrogens (tertiary/aromatic N) is 4. The van der Waals surface area contributed by atoms with E-state index in [0.29, 0.717) is 15.7 Å². The molecule has 4 rings (SSSR count). The zero-order valence-corrected chi connectivity index (χ0v) is 29.2. The van der Waals surface area contributed by atoms with Crippen LogP contribution in [0.3, 0.4) is 0 Å². The molecule has 0 bridgehead atoms. The van der Waals surface area contributed by atoms with E-state index in [1.165, 1.54) is 74.7 Å². The van der Waals surface area contributed by atoms with E-state index in [0.717, 1.165) is 0 Å². The van der Waals surface area contributed by atoms with Crippen molar-refractivity contribution in [3.63, 3.8) is 0 Å². The predicted octanol–water partition coefficient (Wildman–Crippen LogP) is 3.25. The molecule has 2 heterocycles. The lowest BCUT2D eigenvalue weighted by atomic mass is 9.91. The van der Waals surface area contributed by atoms with Gasteiger partial charge in [0, 0.05) is 48.5 Å². The average molecular weight is 721 g/mol. The van der Waals surface area contributed by atoms with Crippen LogP contribution in [0.1, 0.15) is 52.7 Å². The Labute approximate surface area is 266 Å². The number of rotatable bonds is 2. The van der Waals surface area contributed by atoms with Gasteiger partial charge in [0.15, 0.2) is 0 Å². The minimum absolute atomic E-state index is 0.00678. The van der Waals surface area contributed by atoms with Crippen molar-refractivity contribution in [1.82, 2.24) is 8.61 Å². The predicted molar refractivity (Wildman–Crippen MR) is 174 cm³/mol. The number of anilines is 1. The summed E-state index contributed by atoms with van der Waals surface area (Å²) in [6.07, 6.45) is 0. The Hall–Kier alpha value is -2.66. The van der Waals surface area contributed by atoms with Gasteiger partial charge < -0.3 is 17.2 Å². The molecule has 2 aliphatic heterocycles. The number of halogens is 3. The average Bonchev–Trinajstić information content (AvgIpc) is 2.97. The first-order valence-corrected chi connectivity index (χ1v) is 17.2. The lowest BCUT2D eigenvalue weighted by Gasteiger charge is -2.29. The molecular weight excluding hydrogens is 680 g/mol. The topological polar surface area (TPSA) is 178 Å². The van der Waals surface area contributed by atoms with Crippen molar-refractivity contribution >= 4 is 53.3 Å². The number of likely N-dealkylation sites (N-methyl/N-ethyl adjacent to an activating group) is 2. The second-order valence-electron chi connectivity index (χ2n) is 12.4. The van der Waals surface area contributed by atoms with E-state index in [9.17, 15) is 25.6 Å². The van der Waals surface area contributed by atoms with Crippen molar-refractivity contribution < 1.29 is 25.6 Å². The van der Waals surface area contributed by atoms with Crippen molar-refractivity contribution in [2.24, 2.45) is 21.5 Å². The molecule has 0 saturated carbocycles. The third kappa shape index (κ3) is 6.10. The first-order chi connectivity index (χ1) is 19.8. The van der Waals surface area contributed by atoms with Crippen molar-refractivity contribution in [3.05, 3.63) is 63.6 Å². The number of nitrogens with two attached hydrogens (primary N) is 3. The molecule has 6 N–H and O–H groups in total. The van der Waals surface area contributed by atoms with Gasteiger partial charge >= 0.3 is 0 Å². The Kier molecular flexibility index (Phi) is 9.45. The maximum Gasteiger partial charge on any atom is 0.226 e. The second kappa shape index (κ2) is 11.6. The zero-order valence-electron chi connectivity index (χ0n) is 26.0. The molecule has 244 valence electrons. The smallest absolute Gasteiger partial charge is 0.226 e. The van der Waals surface area contributed by atoms with Crippen LogP contribution in [0.5, 0.6) is 0 Å². The van der Waals surface area contributed by atoms with Crippen LogP contribution < -0.4 is 17.2 Å². The van der Waals surface area contributed by atoms with Crippen LogP contribution in [0.25, 0.3) is 0 Å². The highest BCUT2D eigenvalue weighted by atomic mass is 79.9. The number of hydrogen-bond donors (Lipinski definition) is 3. The van der Waals surface area contributed by atoms with Gasteiger partial charge in [-0.05, 0) is 77.9 Å². The van der Waals surface area contributed by atoms with E-state index in [1.54, 1.807) is 26.0 Å². The lowest BCUT2D eigenvalue weighted by molar-refractivity contribution is 0.354. The molecule has 0 spiro atoms. The van der Waals surface area contributed by atoms with Gasteiger partial charge in [-0.25, -0.2) is 34.2 Å². The Morgan fingerprint density at radius 3 is 1.48 bits per heavy atom. The fourth-order valence-electron chi connectivity index (χ4n) is 5.11. The van der Waals surface area contributed by atoms with Crippen LogP contribution >= 0.6 is 15.9 Å². The third-order valence-corrected chi connectivity index (χ3v) is 13.6. The van der Waals surface area contributed by atoms with Crippen molar-refractivity contribution in [1.29, 1.82) is 0 Å². The van der Waals surface area contributed by atoms with E-state index >= 15 is 0 Å². The summed E-state index contributed by atoms with van der Waals surface area (Å²) in [5.74, 6) is -1.04. The Morgan fingerprint density at radius 2 is 1.07 bits per heavy atom. The van der Waals surface area contributed by atoms with Crippen molar-refractivity contribution in [2.45, 2.75) is 62.1 Å². The lowest BCUT2D eigenvalue weighted by Crippen LogP contribution is -2.50. The van der Waals surface area contributed by atoms with Gasteiger partial charge in [-0.1, -0.05) is 15.9 Å². The molecule has 0 fully saturated rings. The number of aliphatic imine (C=N–C) groups is 2. The van der Waals surface area contributed by atoms with Crippen molar-refractivity contribution in [3.8, 4) is 0 Å². The van der Waals surface area contributed by atoms with Crippen LogP contribution in [-0.4, -0.2) is 73.8 Å². The van der Waals surface area contributed by atoms with Crippen LogP contribution in [0.2, 0.25) is 0 Å². The first kappa shape index (κ1) is 35.8. The molecule has 2 aliphatic rings. The number of nitrogen functional groups attached to an aromatic ring is 1. The van der Waals surface area contributed by atoms with Gasteiger partial charge in [-0.2, -0.15) is 0 Å². The Bertz CT molecular complexity index is 1620. The summed E-state index contributed by atoms with van der Waals surface area (Å²) in [5, 5.41) is 0. The van der Waals surface area contributed by atoms with Gasteiger partial charge in [-0.3, -0.25) is 9.98 Å². The first-order valence-electron chi connectivity index (χ1n) is 13.5. The van der Waals surface area contributed by atoms with Gasteiger partial charge in [0.25, 0.3) is 0 Å². The SMILES string of the molecule is CN1C[C@@](C)(c2cc(Br)ccc2F)N=C(N)C(C)(C)S1(=O)=O.CN1C[C@@](C)(c2cc(N)ccc2F)N=C(N)C(C)(C)S1(=O)=O. The van der Waals surface area contributed by atoms with E-state index in [-0.39, 0.29) is 30.3 Å². The number of benzene rings is 2. The molecule has 0 unspecified atom stereocenters. The number of amidine groups is 2. The van der Waals surface area contributed by atoms with E-state index in [2.05, 4.69) is 25.9 Å². The maximum atomic E-state index is 14.3. The largest absolute Gasteiger partial charge is 0.399 e. The zero-order chi connectivity index (χ0) is 33.8. The van der Waals surface area contributed by atoms with Gasteiger partial charge in [0.2, 0.25) is 20.0 Å². The highest BCUT2D eigenvalue weighted by molar-refractivity contribution is 9.10. The standard InChI is InChI=1S/C14H19BrFN3O2S.C14H21FN4O2S/c1-13(2)12(17)18-14(3,8-19(4)22(13,20)21)10-7-9(15)5-6-11(10)16;1-13(2)12(17)18-14(3,8-19(4)22(13,20)21)10-7-9(16)5-6-11(10)15/h5-7H,8H2,1-4H3,(H2,17,18);5-7H,8,16H2,1-4H3,(H2,17,18)/t2*14-/m00/s1. The molecule has 16 heteroatoms. The summed E-state index contributed by atoms with van der Waals surface area (Å²) in [5.41, 5.74) is 16.3. The molecule has 44 heavy (non-hydrogen) atoms. The van der Waals surface area contributed by atoms with Crippen molar-refractivity contribution in [2.75, 3.05) is 32.9 Å². The van der Waals surface area contributed by atoms with E-state index in [1.807, 2.05) is 0 Å². The fraction of sp³-hybridized carbons (Fsp3) is 0.500. The number of sulfonamides is 2. The monoisotopic (exact) mass is 719 g/mol. The Balaban J connectivity index is 0.000000240. The number of hydrogen-bond acceptors (Lipinski definition) is 9. The van der Waals surface area contributed by atoms with Gasteiger partial charge in [-0.15, -0.1) is 0 Å². The summed E-state index contributed by atoms with van der Waals surface area (Å²) >= 11 is 3.30. The van der Waals surface area contributed by atoms with Crippen LogP contribution in [0, 0.1) is 11.6 Å². The molecule has 0 amide bonds. The molecule has 0 aromatic heterocycles. The quantitative estimate of drug-likeness (QED) is 0.399. The molecule has 2 atom stereocenters. The van der Waals surface area contributed by atoms with E-state index in [4.69, 9.17) is 17.2 Å². The summed E-state index contributed by atoms with van der Waals surface area (Å²) in [4.78, 5) is 8.75. The summed E-state index contributed by atoms with van der Waals surface area (Å²) in [6.45, 7) is 9.27. The minimum Gasteiger partial charge on any atom is -0.399 e. The van der Waals surface area contributed by atoms with Gasteiger partial charge in [0.1, 0.15) is 43.9 Å². The molecule has 11 nitrogen and oxygen atoms in total. The van der Waals surface area contributed by atoms with E-state index < -0.39 is 52.3 Å². The molecule has 2 aromatic carbocycles. The molecule has 0 aliphatic carbocycles.